The number of carbonyl (C=O) groups is 1. The van der Waals surface area contributed by atoms with Gasteiger partial charge in [-0.15, -0.1) is 0 Å². The van der Waals surface area contributed by atoms with Gasteiger partial charge >= 0.3 is 12.1 Å². The third-order valence-corrected chi connectivity index (χ3v) is 2.84. The molecule has 6 heteroatoms. The van der Waals surface area contributed by atoms with Crippen molar-refractivity contribution in [3.63, 3.8) is 0 Å². The van der Waals surface area contributed by atoms with Crippen LogP contribution >= 0.6 is 0 Å². The van der Waals surface area contributed by atoms with Crippen molar-refractivity contribution in [1.29, 1.82) is 0 Å². The molecule has 0 aliphatic rings. The number of ether oxygens (including phenoxy) is 2. The van der Waals surface area contributed by atoms with E-state index in [1.54, 1.807) is 18.2 Å². The van der Waals surface area contributed by atoms with Crippen LogP contribution in [0.2, 0.25) is 0 Å². The molecule has 0 atom stereocenters. The van der Waals surface area contributed by atoms with Crippen LogP contribution < -0.4 is 9.47 Å². The van der Waals surface area contributed by atoms with Gasteiger partial charge in [-0.2, -0.15) is 13.2 Å². The van der Waals surface area contributed by atoms with E-state index < -0.39 is 17.7 Å². The fourth-order valence-electron chi connectivity index (χ4n) is 1.87. The quantitative estimate of drug-likeness (QED) is 0.603. The van der Waals surface area contributed by atoms with Crippen molar-refractivity contribution in [3.8, 4) is 11.5 Å². The second-order valence-electron chi connectivity index (χ2n) is 5.08. The fourth-order valence-corrected chi connectivity index (χ4v) is 1.87. The second kappa shape index (κ2) is 6.73. The smallest absolute Gasteiger partial charge is 0.416 e. The molecule has 23 heavy (non-hydrogen) atoms. The van der Waals surface area contributed by atoms with E-state index in [4.69, 9.17) is 9.47 Å². The zero-order valence-electron chi connectivity index (χ0n) is 12.6. The molecule has 0 unspecified atom stereocenters. The van der Waals surface area contributed by atoms with E-state index in [2.05, 4.69) is 0 Å². The van der Waals surface area contributed by atoms with Crippen molar-refractivity contribution in [2.75, 3.05) is 0 Å². The maximum absolute atomic E-state index is 12.7. The number of hydrogen-bond donors (Lipinski definition) is 0. The molecule has 0 spiro atoms. The Morgan fingerprint density at radius 3 is 2.26 bits per heavy atom. The zero-order chi connectivity index (χ0) is 17.0. The minimum Gasteiger partial charge on any atom is -0.487 e. The topological polar surface area (TPSA) is 35.5 Å². The summed E-state index contributed by atoms with van der Waals surface area (Å²) in [5.41, 5.74) is -1.09. The Hall–Kier alpha value is -2.50. The van der Waals surface area contributed by atoms with Crippen LogP contribution in [0, 0.1) is 0 Å². The Bertz CT molecular complexity index is 693. The molecule has 0 aromatic heterocycles. The second-order valence-corrected chi connectivity index (χ2v) is 5.08. The van der Waals surface area contributed by atoms with Crippen LogP contribution in [0.25, 0.3) is 0 Å². The summed E-state index contributed by atoms with van der Waals surface area (Å²) in [4.78, 5) is 12.1. The summed E-state index contributed by atoms with van der Waals surface area (Å²) in [6.07, 6.45) is -4.65. The van der Waals surface area contributed by atoms with Gasteiger partial charge in [0.1, 0.15) is 0 Å². The predicted molar refractivity (Wildman–Crippen MR) is 78.6 cm³/mol. The largest absolute Gasteiger partial charge is 0.487 e. The van der Waals surface area contributed by atoms with Crippen molar-refractivity contribution in [2.45, 2.75) is 26.1 Å². The summed E-state index contributed by atoms with van der Waals surface area (Å²) in [5.74, 6) is -0.373. The highest BCUT2D eigenvalue weighted by molar-refractivity contribution is 5.91. The Kier molecular flexibility index (Phi) is 4.93. The molecule has 0 amide bonds. The number of para-hydroxylation sites is 2. The first kappa shape index (κ1) is 16.9. The Morgan fingerprint density at radius 2 is 1.65 bits per heavy atom. The molecular weight excluding hydrogens is 309 g/mol. The van der Waals surface area contributed by atoms with Gasteiger partial charge in [-0.1, -0.05) is 18.2 Å². The van der Waals surface area contributed by atoms with Crippen molar-refractivity contribution >= 4 is 5.97 Å². The molecule has 0 aliphatic carbocycles. The summed E-state index contributed by atoms with van der Waals surface area (Å²) >= 11 is 0. The van der Waals surface area contributed by atoms with Gasteiger partial charge in [0.05, 0.1) is 17.2 Å². The minimum absolute atomic E-state index is 0.136. The van der Waals surface area contributed by atoms with E-state index in [0.29, 0.717) is 5.75 Å². The van der Waals surface area contributed by atoms with Crippen LogP contribution in [0.1, 0.15) is 29.8 Å². The molecule has 0 heterocycles. The van der Waals surface area contributed by atoms with Crippen molar-refractivity contribution in [2.24, 2.45) is 0 Å². The molecule has 122 valence electrons. The first-order valence-electron chi connectivity index (χ1n) is 6.92. The highest BCUT2D eigenvalue weighted by Gasteiger charge is 2.31. The molecule has 2 aromatic rings. The highest BCUT2D eigenvalue weighted by atomic mass is 19.4. The lowest BCUT2D eigenvalue weighted by atomic mass is 10.1. The van der Waals surface area contributed by atoms with Gasteiger partial charge in [0, 0.05) is 0 Å². The maximum atomic E-state index is 12.7. The zero-order valence-corrected chi connectivity index (χ0v) is 12.6. The molecule has 0 N–H and O–H groups in total. The Morgan fingerprint density at radius 1 is 1.00 bits per heavy atom. The standard InChI is InChI=1S/C17H15F3O3/c1-11(2)22-14-8-3-4-9-15(14)23-16(21)12-6-5-7-13(10-12)17(18,19)20/h3-11H,1-2H3. The third-order valence-electron chi connectivity index (χ3n) is 2.84. The van der Waals surface area contributed by atoms with E-state index >= 15 is 0 Å². The summed E-state index contributed by atoms with van der Waals surface area (Å²) in [7, 11) is 0. The molecule has 0 saturated heterocycles. The minimum atomic E-state index is -4.52. The van der Waals surface area contributed by atoms with E-state index in [-0.39, 0.29) is 17.4 Å². The summed E-state index contributed by atoms with van der Waals surface area (Å²) in [6, 6.07) is 10.6. The van der Waals surface area contributed by atoms with Crippen molar-refractivity contribution in [3.05, 3.63) is 59.7 Å². The molecule has 2 aromatic carbocycles. The molecule has 0 saturated carbocycles. The SMILES string of the molecule is CC(C)Oc1ccccc1OC(=O)c1cccc(C(F)(F)F)c1. The van der Waals surface area contributed by atoms with Gasteiger partial charge in [0.25, 0.3) is 0 Å². The average Bonchev–Trinajstić information content (AvgIpc) is 2.48. The number of alkyl halides is 3. The molecule has 2 rings (SSSR count). The monoisotopic (exact) mass is 324 g/mol. The Balaban J connectivity index is 2.23. The average molecular weight is 324 g/mol. The highest BCUT2D eigenvalue weighted by Crippen LogP contribution is 2.31. The first-order chi connectivity index (χ1) is 10.8. The Labute approximate surface area is 131 Å². The van der Waals surface area contributed by atoms with E-state index in [1.165, 1.54) is 12.1 Å². The predicted octanol–water partition coefficient (Wildman–Crippen LogP) is 4.71. The van der Waals surface area contributed by atoms with Crippen LogP contribution in [0.4, 0.5) is 13.2 Å². The maximum Gasteiger partial charge on any atom is 0.416 e. The van der Waals surface area contributed by atoms with Gasteiger partial charge in [-0.05, 0) is 44.2 Å². The third kappa shape index (κ3) is 4.48. The first-order valence-corrected chi connectivity index (χ1v) is 6.92. The molecule has 3 nitrogen and oxygen atoms in total. The van der Waals surface area contributed by atoms with Gasteiger partial charge in [0.2, 0.25) is 0 Å². The molecule has 0 aliphatic heterocycles. The van der Waals surface area contributed by atoms with E-state index in [1.807, 2.05) is 13.8 Å². The summed E-state index contributed by atoms with van der Waals surface area (Å²) in [6.45, 7) is 3.62. The van der Waals surface area contributed by atoms with Crippen LogP contribution in [0.5, 0.6) is 11.5 Å². The van der Waals surface area contributed by atoms with Crippen LogP contribution in [0.3, 0.4) is 0 Å². The van der Waals surface area contributed by atoms with E-state index in [9.17, 15) is 18.0 Å². The molecule has 0 radical (unpaired) electrons. The number of halogens is 3. The fraction of sp³-hybridized carbons (Fsp3) is 0.235. The molecular formula is C17H15F3O3. The number of hydrogen-bond acceptors (Lipinski definition) is 3. The lowest BCUT2D eigenvalue weighted by molar-refractivity contribution is -0.137. The molecule has 0 bridgehead atoms. The lowest BCUT2D eigenvalue weighted by Crippen LogP contribution is -2.13. The lowest BCUT2D eigenvalue weighted by Gasteiger charge is -2.14. The van der Waals surface area contributed by atoms with Gasteiger partial charge < -0.3 is 9.47 Å². The number of rotatable bonds is 4. The van der Waals surface area contributed by atoms with Crippen molar-refractivity contribution < 1.29 is 27.4 Å². The van der Waals surface area contributed by atoms with E-state index in [0.717, 1.165) is 18.2 Å². The normalized spacial score (nSPS) is 11.4. The number of benzene rings is 2. The van der Waals surface area contributed by atoms with Crippen LogP contribution in [-0.4, -0.2) is 12.1 Å². The number of carbonyl (C=O) groups excluding carboxylic acids is 1. The van der Waals surface area contributed by atoms with Gasteiger partial charge in [-0.25, -0.2) is 4.79 Å². The summed E-state index contributed by atoms with van der Waals surface area (Å²) in [5, 5.41) is 0. The molecule has 0 fully saturated rings. The van der Waals surface area contributed by atoms with Crippen LogP contribution in [0.15, 0.2) is 48.5 Å². The summed E-state index contributed by atoms with van der Waals surface area (Å²) < 4.78 is 48.8. The number of esters is 1. The van der Waals surface area contributed by atoms with Gasteiger partial charge in [-0.3, -0.25) is 0 Å². The van der Waals surface area contributed by atoms with Crippen molar-refractivity contribution in [1.82, 2.24) is 0 Å². The van der Waals surface area contributed by atoms with Gasteiger partial charge in [0.15, 0.2) is 11.5 Å². The van der Waals surface area contributed by atoms with Crippen LogP contribution in [-0.2, 0) is 6.18 Å².